The molecule has 222 valence electrons. The number of aromatic amines is 1. The molecule has 1 fully saturated rings. The third-order valence-corrected chi connectivity index (χ3v) is 7.44. The Labute approximate surface area is 231 Å². The quantitative estimate of drug-likeness (QED) is 0.288. The van der Waals surface area contributed by atoms with Crippen LogP contribution in [-0.2, 0) is 25.3 Å². The summed E-state index contributed by atoms with van der Waals surface area (Å²) in [6.45, 7) is 0.0931. The number of halogens is 8. The van der Waals surface area contributed by atoms with E-state index in [0.29, 0.717) is 38.1 Å². The van der Waals surface area contributed by atoms with Crippen molar-refractivity contribution in [2.75, 3.05) is 0 Å². The molecule has 1 saturated carbocycles. The molecule has 1 aromatic carbocycles. The summed E-state index contributed by atoms with van der Waals surface area (Å²) in [6, 6.07) is 2.43. The molecule has 1 aliphatic carbocycles. The molecule has 0 aliphatic heterocycles. The predicted octanol–water partition coefficient (Wildman–Crippen LogP) is 5.91. The van der Waals surface area contributed by atoms with Crippen molar-refractivity contribution in [3.63, 3.8) is 0 Å². The van der Waals surface area contributed by atoms with Crippen LogP contribution in [0.15, 0.2) is 46.5 Å². The molecule has 3 heterocycles. The van der Waals surface area contributed by atoms with Gasteiger partial charge in [0.05, 0.1) is 22.7 Å². The zero-order valence-electron chi connectivity index (χ0n) is 21.5. The number of nitrogens with one attached hydrogen (secondary N) is 1. The van der Waals surface area contributed by atoms with Crippen molar-refractivity contribution in [1.29, 1.82) is 0 Å². The van der Waals surface area contributed by atoms with Gasteiger partial charge in [0.1, 0.15) is 5.56 Å². The minimum absolute atomic E-state index is 0.0170. The van der Waals surface area contributed by atoms with Gasteiger partial charge in [-0.1, -0.05) is 12.8 Å². The summed E-state index contributed by atoms with van der Waals surface area (Å²) >= 11 is 0. The van der Waals surface area contributed by atoms with Crippen LogP contribution in [0.5, 0.6) is 0 Å². The molecular weight excluding hydrogens is 578 g/mol. The van der Waals surface area contributed by atoms with E-state index in [1.807, 2.05) is 0 Å². The first kappa shape index (κ1) is 29.3. The van der Waals surface area contributed by atoms with E-state index in [2.05, 4.69) is 15.1 Å². The lowest BCUT2D eigenvalue weighted by molar-refractivity contribution is -0.139. The molecule has 0 saturated heterocycles. The van der Waals surface area contributed by atoms with Crippen molar-refractivity contribution in [3.8, 4) is 11.4 Å². The Balaban J connectivity index is 1.39. The topological polar surface area (TPSA) is 93.5 Å². The number of hydrogen-bond donors (Lipinski definition) is 1. The number of H-pyrrole nitrogens is 1. The lowest BCUT2D eigenvalue weighted by atomic mass is 9.78. The van der Waals surface area contributed by atoms with Gasteiger partial charge in [-0.25, -0.2) is 23.8 Å². The van der Waals surface area contributed by atoms with Gasteiger partial charge in [0.25, 0.3) is 11.1 Å². The Hall–Kier alpha value is -4.17. The average molecular weight is 599 g/mol. The van der Waals surface area contributed by atoms with Crippen LogP contribution in [0.25, 0.3) is 22.2 Å². The maximum absolute atomic E-state index is 15.2. The number of benzene rings is 1. The van der Waals surface area contributed by atoms with Crippen molar-refractivity contribution >= 4 is 10.8 Å². The maximum atomic E-state index is 15.2. The molecule has 2 atom stereocenters. The number of nitrogens with zero attached hydrogens (tertiary/aromatic N) is 4. The molecule has 0 unspecified atom stereocenters. The molecule has 42 heavy (non-hydrogen) atoms. The lowest BCUT2D eigenvalue weighted by Gasteiger charge is -2.30. The van der Waals surface area contributed by atoms with E-state index >= 15 is 4.39 Å². The fourth-order valence-corrected chi connectivity index (χ4v) is 5.54. The summed E-state index contributed by atoms with van der Waals surface area (Å²) in [6.07, 6.45) is -4.06. The Kier molecular flexibility index (Phi) is 7.62. The molecule has 7 nitrogen and oxygen atoms in total. The van der Waals surface area contributed by atoms with E-state index < -0.39 is 63.0 Å². The second kappa shape index (κ2) is 10.9. The summed E-state index contributed by atoms with van der Waals surface area (Å²) < 4.78 is 110. The van der Waals surface area contributed by atoms with E-state index in [1.54, 1.807) is 5.10 Å². The second-order valence-electron chi connectivity index (χ2n) is 10.3. The fraction of sp³-hybridized carbons (Fsp3) is 0.370. The summed E-state index contributed by atoms with van der Waals surface area (Å²) in [5, 5.41) is 4.73. The first-order valence-electron chi connectivity index (χ1n) is 12.8. The minimum Gasteiger partial charge on any atom is -0.315 e. The van der Waals surface area contributed by atoms with Crippen molar-refractivity contribution < 1.29 is 35.1 Å². The van der Waals surface area contributed by atoms with Gasteiger partial charge in [-0.15, -0.1) is 0 Å². The Bertz CT molecular complexity index is 1750. The highest BCUT2D eigenvalue weighted by Crippen LogP contribution is 2.36. The van der Waals surface area contributed by atoms with E-state index in [9.17, 15) is 40.3 Å². The van der Waals surface area contributed by atoms with Gasteiger partial charge in [0, 0.05) is 25.1 Å². The highest BCUT2D eigenvalue weighted by Gasteiger charge is 2.38. The number of aromatic nitrogens is 5. The van der Waals surface area contributed by atoms with E-state index in [-0.39, 0.29) is 35.8 Å². The van der Waals surface area contributed by atoms with Crippen LogP contribution in [0.2, 0.25) is 0 Å². The number of pyridine rings is 1. The molecule has 1 N–H and O–H groups in total. The zero-order valence-corrected chi connectivity index (χ0v) is 21.5. The molecule has 3 aromatic heterocycles. The van der Waals surface area contributed by atoms with Crippen LogP contribution >= 0.6 is 0 Å². The average Bonchev–Trinajstić information content (AvgIpc) is 2.91. The molecule has 1 aliphatic rings. The fourth-order valence-electron chi connectivity index (χ4n) is 5.54. The standard InChI is InChI=1S/C27H21F8N5O2/c28-21-18(23-36-10-17(11-37-23)26(30,31)32)8-15-4-5-40(25(42)19(15)22(21)29)12-14-3-1-2-13(6-14)7-16-9-38-39-24(41)20(16)27(33,34)35/h4-5,8-11,13-14H,1-3,6-7,12H2,(H,39,41)/t13-,14+/m0/s1. The van der Waals surface area contributed by atoms with Crippen LogP contribution in [0, 0.1) is 23.5 Å². The monoisotopic (exact) mass is 599 g/mol. The normalized spacial score (nSPS) is 18.0. The largest absolute Gasteiger partial charge is 0.422 e. The summed E-state index contributed by atoms with van der Waals surface area (Å²) in [5.74, 6) is -3.90. The van der Waals surface area contributed by atoms with Crippen LogP contribution in [0.3, 0.4) is 0 Å². The summed E-state index contributed by atoms with van der Waals surface area (Å²) in [7, 11) is 0. The van der Waals surface area contributed by atoms with Crippen LogP contribution in [0.1, 0.15) is 42.4 Å². The number of hydrogen-bond acceptors (Lipinski definition) is 5. The SMILES string of the molecule is O=c1[nH]ncc(C[C@H]2CCC[C@@H](Cn3ccc4cc(-c5ncc(C(F)(F)F)cn5)c(F)c(F)c4c3=O)C2)c1C(F)(F)F. The third-order valence-electron chi connectivity index (χ3n) is 7.44. The van der Waals surface area contributed by atoms with Gasteiger partial charge >= 0.3 is 12.4 Å². The minimum atomic E-state index is -4.85. The Morgan fingerprint density at radius 3 is 2.29 bits per heavy atom. The molecule has 0 radical (unpaired) electrons. The number of fused-ring (bicyclic) bond motifs is 1. The van der Waals surface area contributed by atoms with Gasteiger partial charge in [-0.2, -0.15) is 31.4 Å². The first-order chi connectivity index (χ1) is 19.7. The van der Waals surface area contributed by atoms with Gasteiger partial charge in [-0.3, -0.25) is 9.59 Å². The van der Waals surface area contributed by atoms with Gasteiger partial charge in [0.2, 0.25) is 0 Å². The predicted molar refractivity (Wildman–Crippen MR) is 133 cm³/mol. The van der Waals surface area contributed by atoms with Gasteiger partial charge < -0.3 is 4.57 Å². The lowest BCUT2D eigenvalue weighted by Crippen LogP contribution is -2.29. The van der Waals surface area contributed by atoms with E-state index in [4.69, 9.17) is 0 Å². The van der Waals surface area contributed by atoms with Gasteiger partial charge in [0.15, 0.2) is 17.5 Å². The molecular formula is C27H21F8N5O2. The molecule has 0 bridgehead atoms. The molecule has 0 amide bonds. The van der Waals surface area contributed by atoms with E-state index in [1.165, 1.54) is 16.8 Å². The summed E-state index contributed by atoms with van der Waals surface area (Å²) in [5.41, 5.74) is -5.36. The Morgan fingerprint density at radius 2 is 1.62 bits per heavy atom. The molecule has 15 heteroatoms. The maximum Gasteiger partial charge on any atom is 0.422 e. The highest BCUT2D eigenvalue weighted by atomic mass is 19.4. The van der Waals surface area contributed by atoms with Crippen molar-refractivity contribution in [3.05, 3.63) is 86.0 Å². The zero-order chi connectivity index (χ0) is 30.4. The van der Waals surface area contributed by atoms with Gasteiger partial charge in [-0.05, 0) is 54.2 Å². The van der Waals surface area contributed by atoms with Crippen molar-refractivity contribution in [2.24, 2.45) is 11.8 Å². The van der Waals surface area contributed by atoms with Crippen LogP contribution in [0.4, 0.5) is 35.1 Å². The highest BCUT2D eigenvalue weighted by molar-refractivity contribution is 5.86. The summed E-state index contributed by atoms with van der Waals surface area (Å²) in [4.78, 5) is 32.0. The van der Waals surface area contributed by atoms with Crippen molar-refractivity contribution in [1.82, 2.24) is 24.7 Å². The van der Waals surface area contributed by atoms with Crippen LogP contribution < -0.4 is 11.1 Å². The number of alkyl halides is 6. The molecule has 5 rings (SSSR count). The van der Waals surface area contributed by atoms with E-state index in [0.717, 1.165) is 12.3 Å². The smallest absolute Gasteiger partial charge is 0.315 e. The number of rotatable bonds is 5. The van der Waals surface area contributed by atoms with Crippen LogP contribution in [-0.4, -0.2) is 24.7 Å². The molecule has 0 spiro atoms. The van der Waals surface area contributed by atoms with Crippen molar-refractivity contribution in [2.45, 2.75) is 51.0 Å². The third kappa shape index (κ3) is 5.77. The Morgan fingerprint density at radius 1 is 0.929 bits per heavy atom. The molecule has 4 aromatic rings. The second-order valence-corrected chi connectivity index (χ2v) is 10.3. The first-order valence-corrected chi connectivity index (χ1v) is 12.8.